The summed E-state index contributed by atoms with van der Waals surface area (Å²) < 4.78 is 1.90. The normalized spacial score (nSPS) is 11.3. The van der Waals surface area contributed by atoms with Crippen LogP contribution in [0.25, 0.3) is 16.6 Å². The average molecular weight is 364 g/mol. The van der Waals surface area contributed by atoms with Gasteiger partial charge in [0.15, 0.2) is 5.65 Å². The van der Waals surface area contributed by atoms with Gasteiger partial charge in [0, 0.05) is 29.7 Å². The smallest absolute Gasteiger partial charge is 0.220 e. The predicted octanol–water partition coefficient (Wildman–Crippen LogP) is 3.81. The van der Waals surface area contributed by atoms with Crippen molar-refractivity contribution in [1.82, 2.24) is 19.9 Å². The van der Waals surface area contributed by atoms with E-state index in [9.17, 15) is 4.79 Å². The summed E-state index contributed by atoms with van der Waals surface area (Å²) in [4.78, 5) is 16.9. The average Bonchev–Trinajstić information content (AvgIpc) is 3.28. The summed E-state index contributed by atoms with van der Waals surface area (Å²) >= 11 is 1.64. The highest BCUT2D eigenvalue weighted by molar-refractivity contribution is 7.07. The molecule has 1 amide bonds. The summed E-state index contributed by atoms with van der Waals surface area (Å²) in [5.41, 5.74) is 6.06. The van der Waals surface area contributed by atoms with Crippen LogP contribution in [0.3, 0.4) is 0 Å². The number of hydrogen-bond acceptors (Lipinski definition) is 4. The maximum absolute atomic E-state index is 12.2. The third-order valence-corrected chi connectivity index (χ3v) is 5.42. The van der Waals surface area contributed by atoms with Gasteiger partial charge >= 0.3 is 0 Å². The van der Waals surface area contributed by atoms with Gasteiger partial charge in [-0.05, 0) is 60.4 Å². The number of carbonyl (C=O) groups excluding carboxylic acids is 1. The molecule has 5 nitrogen and oxygen atoms in total. The van der Waals surface area contributed by atoms with Crippen LogP contribution in [0.5, 0.6) is 0 Å². The van der Waals surface area contributed by atoms with E-state index in [-0.39, 0.29) is 5.91 Å². The minimum absolute atomic E-state index is 0.0562. The zero-order valence-electron chi connectivity index (χ0n) is 14.8. The van der Waals surface area contributed by atoms with Crippen LogP contribution >= 0.6 is 11.3 Å². The number of aryl methyl sites for hydroxylation is 2. The SMILES string of the molecule is Cc1nc2c3ccccc3nn2c(C)c1CCC(=O)NCc1ccsc1. The summed E-state index contributed by atoms with van der Waals surface area (Å²) in [6, 6.07) is 10.1. The van der Waals surface area contributed by atoms with E-state index in [0.717, 1.165) is 39.1 Å². The Balaban J connectivity index is 1.54. The topological polar surface area (TPSA) is 59.3 Å². The number of thiophene rings is 1. The van der Waals surface area contributed by atoms with Crippen LogP contribution in [0.4, 0.5) is 0 Å². The lowest BCUT2D eigenvalue weighted by Crippen LogP contribution is -2.23. The molecule has 6 heteroatoms. The lowest BCUT2D eigenvalue weighted by atomic mass is 10.1. The second-order valence-corrected chi connectivity index (χ2v) is 7.20. The summed E-state index contributed by atoms with van der Waals surface area (Å²) in [5.74, 6) is 0.0562. The number of carbonyl (C=O) groups is 1. The molecule has 132 valence electrons. The Bertz CT molecular complexity index is 1080. The minimum Gasteiger partial charge on any atom is -0.352 e. The van der Waals surface area contributed by atoms with Gasteiger partial charge in [0.05, 0.1) is 5.52 Å². The molecule has 0 spiro atoms. The Hall–Kier alpha value is -2.73. The fourth-order valence-corrected chi connectivity index (χ4v) is 3.93. The number of benzene rings is 1. The first-order chi connectivity index (χ1) is 12.6. The monoisotopic (exact) mass is 364 g/mol. The summed E-state index contributed by atoms with van der Waals surface area (Å²) in [6.45, 7) is 4.64. The Morgan fingerprint density at radius 1 is 1.23 bits per heavy atom. The van der Waals surface area contributed by atoms with Crippen molar-refractivity contribution >= 4 is 33.8 Å². The van der Waals surface area contributed by atoms with Gasteiger partial charge in [-0.3, -0.25) is 4.79 Å². The molecule has 0 unspecified atom stereocenters. The van der Waals surface area contributed by atoms with Crippen LogP contribution in [0, 0.1) is 13.8 Å². The van der Waals surface area contributed by atoms with E-state index < -0.39 is 0 Å². The number of amides is 1. The van der Waals surface area contributed by atoms with Gasteiger partial charge in [-0.1, -0.05) is 12.1 Å². The largest absolute Gasteiger partial charge is 0.352 e. The van der Waals surface area contributed by atoms with Gasteiger partial charge in [0.2, 0.25) is 5.91 Å². The van der Waals surface area contributed by atoms with Crippen molar-refractivity contribution in [2.45, 2.75) is 33.2 Å². The molecule has 0 saturated heterocycles. The molecule has 3 heterocycles. The van der Waals surface area contributed by atoms with Gasteiger partial charge < -0.3 is 5.32 Å². The van der Waals surface area contributed by atoms with Gasteiger partial charge in [-0.15, -0.1) is 0 Å². The van der Waals surface area contributed by atoms with Crippen molar-refractivity contribution in [2.75, 3.05) is 0 Å². The van der Waals surface area contributed by atoms with Crippen molar-refractivity contribution in [3.05, 3.63) is 63.6 Å². The highest BCUT2D eigenvalue weighted by Gasteiger charge is 2.14. The highest BCUT2D eigenvalue weighted by atomic mass is 32.1. The maximum Gasteiger partial charge on any atom is 0.220 e. The Morgan fingerprint density at radius 2 is 2.08 bits per heavy atom. The van der Waals surface area contributed by atoms with Crippen LogP contribution in [0.2, 0.25) is 0 Å². The van der Waals surface area contributed by atoms with E-state index in [1.165, 1.54) is 0 Å². The maximum atomic E-state index is 12.2. The molecule has 26 heavy (non-hydrogen) atoms. The number of fused-ring (bicyclic) bond motifs is 3. The zero-order valence-corrected chi connectivity index (χ0v) is 15.6. The van der Waals surface area contributed by atoms with E-state index >= 15 is 0 Å². The van der Waals surface area contributed by atoms with Crippen LogP contribution < -0.4 is 5.32 Å². The van der Waals surface area contributed by atoms with Crippen molar-refractivity contribution in [3.63, 3.8) is 0 Å². The highest BCUT2D eigenvalue weighted by Crippen LogP contribution is 2.22. The molecular weight excluding hydrogens is 344 g/mol. The molecule has 3 aromatic heterocycles. The number of hydrogen-bond donors (Lipinski definition) is 1. The first-order valence-corrected chi connectivity index (χ1v) is 9.59. The molecule has 0 aliphatic rings. The third-order valence-electron chi connectivity index (χ3n) is 4.69. The predicted molar refractivity (Wildman–Crippen MR) is 104 cm³/mol. The van der Waals surface area contributed by atoms with Gasteiger partial charge in [-0.2, -0.15) is 16.4 Å². The lowest BCUT2D eigenvalue weighted by Gasteiger charge is -2.11. The summed E-state index contributed by atoms with van der Waals surface area (Å²) in [7, 11) is 0. The van der Waals surface area contributed by atoms with Crippen molar-refractivity contribution < 1.29 is 4.79 Å². The number of rotatable bonds is 5. The zero-order chi connectivity index (χ0) is 18.1. The van der Waals surface area contributed by atoms with Crippen molar-refractivity contribution in [2.24, 2.45) is 0 Å². The molecule has 4 rings (SSSR count). The van der Waals surface area contributed by atoms with Gasteiger partial charge in [0.25, 0.3) is 0 Å². The third kappa shape index (κ3) is 3.08. The second kappa shape index (κ2) is 6.88. The molecule has 0 fully saturated rings. The van der Waals surface area contributed by atoms with Crippen LogP contribution in [-0.2, 0) is 17.8 Å². The first kappa shape index (κ1) is 16.7. The van der Waals surface area contributed by atoms with Crippen LogP contribution in [-0.4, -0.2) is 20.5 Å². The van der Waals surface area contributed by atoms with E-state index in [2.05, 4.69) is 15.8 Å². The fraction of sp³-hybridized carbons (Fsp3) is 0.250. The standard InChI is InChI=1S/C20H20N4OS/c1-13-16(7-8-19(25)21-11-15-9-10-26-12-15)14(2)24-20(22-13)17-5-3-4-6-18(17)23-24/h3-6,9-10,12H,7-8,11H2,1-2H3,(H,21,25). The Labute approximate surface area is 155 Å². The molecule has 1 aromatic carbocycles. The molecule has 4 aromatic rings. The van der Waals surface area contributed by atoms with Gasteiger partial charge in [0.1, 0.15) is 0 Å². The van der Waals surface area contributed by atoms with Crippen LogP contribution in [0.15, 0.2) is 41.1 Å². The molecule has 0 aliphatic carbocycles. The van der Waals surface area contributed by atoms with E-state index in [1.54, 1.807) is 11.3 Å². The number of aromatic nitrogens is 3. The Morgan fingerprint density at radius 3 is 2.88 bits per heavy atom. The molecule has 0 atom stereocenters. The molecule has 0 aliphatic heterocycles. The number of nitrogens with one attached hydrogen (secondary N) is 1. The molecular formula is C20H20N4OS. The molecule has 0 saturated carbocycles. The van der Waals surface area contributed by atoms with E-state index in [0.29, 0.717) is 19.4 Å². The molecule has 0 radical (unpaired) electrons. The summed E-state index contributed by atoms with van der Waals surface area (Å²) in [5, 5.41) is 12.8. The minimum atomic E-state index is 0.0562. The van der Waals surface area contributed by atoms with Crippen LogP contribution in [0.1, 0.15) is 28.9 Å². The quantitative estimate of drug-likeness (QED) is 0.586. The summed E-state index contributed by atoms with van der Waals surface area (Å²) in [6.07, 6.45) is 1.10. The first-order valence-electron chi connectivity index (χ1n) is 8.65. The van der Waals surface area contributed by atoms with Gasteiger partial charge in [-0.25, -0.2) is 9.50 Å². The lowest BCUT2D eigenvalue weighted by molar-refractivity contribution is -0.121. The second-order valence-electron chi connectivity index (χ2n) is 6.42. The Kier molecular flexibility index (Phi) is 4.42. The van der Waals surface area contributed by atoms with Crippen molar-refractivity contribution in [1.29, 1.82) is 0 Å². The van der Waals surface area contributed by atoms with E-state index in [1.807, 2.05) is 54.1 Å². The number of nitrogens with zero attached hydrogens (tertiary/aromatic N) is 3. The molecule has 1 N–H and O–H groups in total. The molecule has 0 bridgehead atoms. The van der Waals surface area contributed by atoms with E-state index in [4.69, 9.17) is 4.98 Å². The fourth-order valence-electron chi connectivity index (χ4n) is 3.26. The van der Waals surface area contributed by atoms with Crippen molar-refractivity contribution in [3.8, 4) is 0 Å².